The molecule has 0 atom stereocenters. The van der Waals surface area contributed by atoms with Crippen LogP contribution in [-0.4, -0.2) is 52.0 Å². The van der Waals surface area contributed by atoms with Crippen LogP contribution in [0.2, 0.25) is 0 Å². The molecule has 7 heteroatoms. The van der Waals surface area contributed by atoms with Crippen molar-refractivity contribution in [2.45, 2.75) is 19.6 Å². The molecule has 2 aliphatic rings. The van der Waals surface area contributed by atoms with Gasteiger partial charge in [0.15, 0.2) is 5.82 Å². The highest BCUT2D eigenvalue weighted by Gasteiger charge is 2.23. The lowest BCUT2D eigenvalue weighted by molar-refractivity contribution is 0.248. The van der Waals surface area contributed by atoms with Crippen LogP contribution in [0.15, 0.2) is 59.4 Å². The van der Waals surface area contributed by atoms with Crippen LogP contribution in [-0.2, 0) is 13.2 Å². The zero-order chi connectivity index (χ0) is 19.6. The molecule has 2 aliphatic heterocycles. The Hall–Kier alpha value is -3.06. The number of hydrogen-bond acceptors (Lipinski definition) is 5. The summed E-state index contributed by atoms with van der Waals surface area (Å²) in [4.78, 5) is 17.7. The summed E-state index contributed by atoms with van der Waals surface area (Å²) in [6, 6.07) is 18.2. The maximum Gasteiger partial charge on any atom is 0.350 e. The molecule has 1 aromatic heterocycles. The highest BCUT2D eigenvalue weighted by molar-refractivity contribution is 5.48. The predicted octanol–water partition coefficient (Wildman–Crippen LogP) is 2.14. The number of nitrogens with zero attached hydrogens (tertiary/aromatic N) is 5. The Kier molecular flexibility index (Phi) is 4.81. The lowest BCUT2D eigenvalue weighted by atomic mass is 10.2. The third kappa shape index (κ3) is 3.53. The first-order valence-electron chi connectivity index (χ1n) is 10.2. The van der Waals surface area contributed by atoms with Gasteiger partial charge >= 0.3 is 5.69 Å². The second-order valence-corrected chi connectivity index (χ2v) is 7.53. The molecule has 0 aliphatic carbocycles. The highest BCUT2D eigenvalue weighted by Crippen LogP contribution is 2.26. The molecule has 0 N–H and O–H groups in total. The molecular formula is C22H25N5O2. The zero-order valence-corrected chi connectivity index (χ0v) is 16.4. The molecule has 29 heavy (non-hydrogen) atoms. The minimum absolute atomic E-state index is 0.0790. The number of benzene rings is 2. The fraction of sp³-hybridized carbons (Fsp3) is 0.364. The molecule has 3 aromatic rings. The van der Waals surface area contributed by atoms with Crippen LogP contribution in [0.25, 0.3) is 5.69 Å². The first kappa shape index (κ1) is 18.0. The molecular weight excluding hydrogens is 366 g/mol. The van der Waals surface area contributed by atoms with Gasteiger partial charge in [0.25, 0.3) is 0 Å². The SMILES string of the molecule is O=c1n(CCCN2CCN(c3ccccc3)CC2)nc2n1-c1ccccc1OC2. The summed E-state index contributed by atoms with van der Waals surface area (Å²) >= 11 is 0. The van der Waals surface area contributed by atoms with E-state index in [2.05, 4.69) is 45.2 Å². The number of anilines is 1. The maximum atomic E-state index is 12.8. The Balaban J connectivity index is 1.18. The third-order valence-corrected chi connectivity index (χ3v) is 5.71. The normalized spacial score (nSPS) is 16.2. The standard InChI is InChI=1S/C22H25N5O2/c28-22-26(23-21-17-29-20-10-5-4-9-19(20)27(21)22)12-6-11-24-13-15-25(16-14-24)18-7-2-1-3-8-18/h1-5,7-10H,6,11-17H2. The van der Waals surface area contributed by atoms with E-state index >= 15 is 0 Å². The van der Waals surface area contributed by atoms with E-state index in [-0.39, 0.29) is 5.69 Å². The average Bonchev–Trinajstić information content (AvgIpc) is 3.11. The van der Waals surface area contributed by atoms with E-state index in [1.807, 2.05) is 24.3 Å². The molecule has 3 heterocycles. The van der Waals surface area contributed by atoms with Gasteiger partial charge in [-0.05, 0) is 30.7 Å². The van der Waals surface area contributed by atoms with Gasteiger partial charge in [-0.15, -0.1) is 0 Å². The van der Waals surface area contributed by atoms with Gasteiger partial charge in [0.1, 0.15) is 12.4 Å². The Morgan fingerprint density at radius 2 is 1.66 bits per heavy atom. The number of fused-ring (bicyclic) bond motifs is 3. The number of piperazine rings is 1. The van der Waals surface area contributed by atoms with E-state index in [0.29, 0.717) is 19.0 Å². The van der Waals surface area contributed by atoms with Crippen LogP contribution in [0.3, 0.4) is 0 Å². The molecule has 7 nitrogen and oxygen atoms in total. The van der Waals surface area contributed by atoms with Crippen molar-refractivity contribution in [1.29, 1.82) is 0 Å². The summed E-state index contributed by atoms with van der Waals surface area (Å²) < 4.78 is 8.98. The van der Waals surface area contributed by atoms with Gasteiger partial charge in [-0.25, -0.2) is 14.0 Å². The van der Waals surface area contributed by atoms with Gasteiger partial charge in [-0.2, -0.15) is 5.10 Å². The van der Waals surface area contributed by atoms with Crippen LogP contribution >= 0.6 is 0 Å². The minimum Gasteiger partial charge on any atom is -0.483 e. The average molecular weight is 391 g/mol. The largest absolute Gasteiger partial charge is 0.483 e. The van der Waals surface area contributed by atoms with Crippen LogP contribution < -0.4 is 15.3 Å². The van der Waals surface area contributed by atoms with Crippen molar-refractivity contribution in [2.24, 2.45) is 0 Å². The minimum atomic E-state index is -0.0790. The molecule has 0 radical (unpaired) electrons. The van der Waals surface area contributed by atoms with Crippen LogP contribution in [0.5, 0.6) is 5.75 Å². The van der Waals surface area contributed by atoms with E-state index in [9.17, 15) is 4.79 Å². The number of para-hydroxylation sites is 3. The van der Waals surface area contributed by atoms with Gasteiger partial charge in [-0.3, -0.25) is 4.90 Å². The van der Waals surface area contributed by atoms with E-state index in [0.717, 1.165) is 50.6 Å². The predicted molar refractivity (Wildman–Crippen MR) is 112 cm³/mol. The van der Waals surface area contributed by atoms with Gasteiger partial charge in [0, 0.05) is 45.0 Å². The first-order valence-corrected chi connectivity index (χ1v) is 10.2. The summed E-state index contributed by atoms with van der Waals surface area (Å²) in [5.74, 6) is 1.41. The number of rotatable bonds is 5. The topological polar surface area (TPSA) is 55.5 Å². The zero-order valence-electron chi connectivity index (χ0n) is 16.4. The fourth-order valence-corrected chi connectivity index (χ4v) is 4.15. The summed E-state index contributed by atoms with van der Waals surface area (Å²) in [5.41, 5.74) is 2.00. The Morgan fingerprint density at radius 1 is 0.897 bits per heavy atom. The fourth-order valence-electron chi connectivity index (χ4n) is 4.15. The van der Waals surface area contributed by atoms with Crippen molar-refractivity contribution < 1.29 is 4.74 Å². The first-order chi connectivity index (χ1) is 14.3. The number of ether oxygens (including phenoxy) is 1. The molecule has 5 rings (SSSR count). The Bertz CT molecular complexity index is 1030. The number of hydrogen-bond donors (Lipinski definition) is 0. The molecule has 1 fully saturated rings. The molecule has 150 valence electrons. The van der Waals surface area contributed by atoms with Crippen molar-refractivity contribution in [2.75, 3.05) is 37.6 Å². The monoisotopic (exact) mass is 391 g/mol. The highest BCUT2D eigenvalue weighted by atomic mass is 16.5. The van der Waals surface area contributed by atoms with Crippen molar-refractivity contribution in [1.82, 2.24) is 19.2 Å². The van der Waals surface area contributed by atoms with Crippen molar-refractivity contribution in [3.8, 4) is 11.4 Å². The van der Waals surface area contributed by atoms with Crippen LogP contribution in [0.1, 0.15) is 12.2 Å². The van der Waals surface area contributed by atoms with E-state index in [1.54, 1.807) is 9.25 Å². The third-order valence-electron chi connectivity index (χ3n) is 5.71. The second-order valence-electron chi connectivity index (χ2n) is 7.53. The van der Waals surface area contributed by atoms with Crippen molar-refractivity contribution in [3.63, 3.8) is 0 Å². The summed E-state index contributed by atoms with van der Waals surface area (Å²) in [5, 5.41) is 4.50. The van der Waals surface area contributed by atoms with Crippen molar-refractivity contribution >= 4 is 5.69 Å². The molecule has 0 bridgehead atoms. The van der Waals surface area contributed by atoms with E-state index < -0.39 is 0 Å². The quantitative estimate of drug-likeness (QED) is 0.667. The summed E-state index contributed by atoms with van der Waals surface area (Å²) in [6.45, 7) is 6.11. The molecule has 0 saturated carbocycles. The Labute approximate surface area is 169 Å². The smallest absolute Gasteiger partial charge is 0.350 e. The summed E-state index contributed by atoms with van der Waals surface area (Å²) in [7, 11) is 0. The molecule has 0 unspecified atom stereocenters. The van der Waals surface area contributed by atoms with Crippen molar-refractivity contribution in [3.05, 3.63) is 70.9 Å². The van der Waals surface area contributed by atoms with Gasteiger partial charge < -0.3 is 9.64 Å². The molecule has 0 spiro atoms. The van der Waals surface area contributed by atoms with Gasteiger partial charge in [-0.1, -0.05) is 30.3 Å². The molecule has 1 saturated heterocycles. The van der Waals surface area contributed by atoms with Gasteiger partial charge in [0.2, 0.25) is 0 Å². The number of aryl methyl sites for hydroxylation is 1. The van der Waals surface area contributed by atoms with E-state index in [4.69, 9.17) is 4.74 Å². The van der Waals surface area contributed by atoms with Gasteiger partial charge in [0.05, 0.1) is 5.69 Å². The summed E-state index contributed by atoms with van der Waals surface area (Å²) in [6.07, 6.45) is 0.907. The Morgan fingerprint density at radius 3 is 2.48 bits per heavy atom. The number of aromatic nitrogens is 3. The van der Waals surface area contributed by atoms with Crippen LogP contribution in [0.4, 0.5) is 5.69 Å². The molecule has 2 aromatic carbocycles. The van der Waals surface area contributed by atoms with E-state index in [1.165, 1.54) is 5.69 Å². The molecule has 0 amide bonds. The van der Waals surface area contributed by atoms with Crippen LogP contribution in [0, 0.1) is 0 Å². The lowest BCUT2D eigenvalue weighted by Gasteiger charge is -2.36. The second kappa shape index (κ2) is 7.75. The maximum absolute atomic E-state index is 12.8. The lowest BCUT2D eigenvalue weighted by Crippen LogP contribution is -2.46.